The SMILES string of the molecule is CC/C=C\C/C=C\C/C=C\C/C=C\C/C=C\C/C=C\CCC(=O)C(F)(F)F. The lowest BCUT2D eigenvalue weighted by molar-refractivity contribution is -0.170. The Balaban J connectivity index is 3.62. The molecule has 0 rings (SSSR count). The minimum atomic E-state index is -4.71. The fraction of sp³-hybridized carbons (Fsp3) is 0.435. The Morgan fingerprint density at radius 2 is 0.963 bits per heavy atom. The third-order valence-corrected chi connectivity index (χ3v) is 3.45. The molecule has 0 aliphatic heterocycles. The molecule has 0 amide bonds. The summed E-state index contributed by atoms with van der Waals surface area (Å²) < 4.78 is 35.9. The van der Waals surface area contributed by atoms with Crippen molar-refractivity contribution in [3.8, 4) is 0 Å². The van der Waals surface area contributed by atoms with Crippen molar-refractivity contribution in [2.24, 2.45) is 0 Å². The van der Waals surface area contributed by atoms with Crippen molar-refractivity contribution in [1.82, 2.24) is 0 Å². The molecular formula is C23H31F3O. The third kappa shape index (κ3) is 18.5. The van der Waals surface area contributed by atoms with Crippen LogP contribution in [0.2, 0.25) is 0 Å². The maximum absolute atomic E-state index is 12.0. The molecular weight excluding hydrogens is 349 g/mol. The summed E-state index contributed by atoms with van der Waals surface area (Å²) in [7, 11) is 0. The quantitative estimate of drug-likeness (QED) is 0.284. The van der Waals surface area contributed by atoms with Crippen molar-refractivity contribution in [2.75, 3.05) is 0 Å². The van der Waals surface area contributed by atoms with Gasteiger partial charge in [-0.3, -0.25) is 4.79 Å². The number of carbonyl (C=O) groups is 1. The third-order valence-electron chi connectivity index (χ3n) is 3.45. The number of Topliss-reactive ketones (excluding diaryl/α,β-unsaturated/α-hetero) is 1. The van der Waals surface area contributed by atoms with E-state index in [2.05, 4.69) is 55.5 Å². The van der Waals surface area contributed by atoms with Crippen LogP contribution in [0.25, 0.3) is 0 Å². The Morgan fingerprint density at radius 3 is 1.30 bits per heavy atom. The monoisotopic (exact) mass is 380 g/mol. The molecule has 0 heterocycles. The molecule has 0 radical (unpaired) electrons. The summed E-state index contributed by atoms with van der Waals surface area (Å²) in [6.45, 7) is 2.13. The second-order valence-corrected chi connectivity index (χ2v) is 5.87. The first kappa shape index (κ1) is 24.9. The topological polar surface area (TPSA) is 17.1 Å². The molecule has 4 heteroatoms. The number of hydrogen-bond donors (Lipinski definition) is 0. The molecule has 0 saturated heterocycles. The highest BCUT2D eigenvalue weighted by atomic mass is 19.4. The fourth-order valence-corrected chi connectivity index (χ4v) is 2.00. The van der Waals surface area contributed by atoms with Crippen LogP contribution in [0, 0.1) is 0 Å². The Hall–Kier alpha value is -2.10. The van der Waals surface area contributed by atoms with Gasteiger partial charge in [-0.15, -0.1) is 0 Å². The van der Waals surface area contributed by atoms with Gasteiger partial charge >= 0.3 is 6.18 Å². The molecule has 0 atom stereocenters. The second kappa shape index (κ2) is 17.3. The largest absolute Gasteiger partial charge is 0.449 e. The highest BCUT2D eigenvalue weighted by Crippen LogP contribution is 2.18. The predicted molar refractivity (Wildman–Crippen MR) is 109 cm³/mol. The van der Waals surface area contributed by atoms with E-state index in [-0.39, 0.29) is 6.42 Å². The van der Waals surface area contributed by atoms with E-state index in [1.807, 2.05) is 12.2 Å². The molecule has 27 heavy (non-hydrogen) atoms. The number of hydrogen-bond acceptors (Lipinski definition) is 1. The van der Waals surface area contributed by atoms with Crippen molar-refractivity contribution < 1.29 is 18.0 Å². The lowest BCUT2D eigenvalue weighted by Crippen LogP contribution is -2.21. The van der Waals surface area contributed by atoms with Crippen LogP contribution in [0.1, 0.15) is 58.3 Å². The first-order chi connectivity index (χ1) is 13.0. The molecule has 0 aromatic rings. The van der Waals surface area contributed by atoms with E-state index in [9.17, 15) is 18.0 Å². The maximum atomic E-state index is 12.0. The molecule has 0 fully saturated rings. The summed E-state index contributed by atoms with van der Waals surface area (Å²) in [6.07, 6.45) is 24.9. The molecule has 0 N–H and O–H groups in total. The van der Waals surface area contributed by atoms with E-state index in [0.29, 0.717) is 6.42 Å². The van der Waals surface area contributed by atoms with Crippen molar-refractivity contribution in [2.45, 2.75) is 64.5 Å². The van der Waals surface area contributed by atoms with Crippen LogP contribution in [-0.2, 0) is 4.79 Å². The van der Waals surface area contributed by atoms with Crippen LogP contribution < -0.4 is 0 Å². The second-order valence-electron chi connectivity index (χ2n) is 5.87. The first-order valence-electron chi connectivity index (χ1n) is 9.48. The Labute approximate surface area is 161 Å². The lowest BCUT2D eigenvalue weighted by Gasteiger charge is -2.01. The summed E-state index contributed by atoms with van der Waals surface area (Å²) in [6, 6.07) is 0. The highest BCUT2D eigenvalue weighted by Gasteiger charge is 2.36. The molecule has 0 saturated carbocycles. The zero-order chi connectivity index (χ0) is 20.2. The zero-order valence-corrected chi connectivity index (χ0v) is 16.1. The average molecular weight is 380 g/mol. The highest BCUT2D eigenvalue weighted by molar-refractivity contribution is 5.84. The molecule has 150 valence electrons. The molecule has 0 aliphatic carbocycles. The average Bonchev–Trinajstić information content (AvgIpc) is 2.62. The van der Waals surface area contributed by atoms with Gasteiger partial charge in [0.2, 0.25) is 5.78 Å². The van der Waals surface area contributed by atoms with Crippen LogP contribution in [0.3, 0.4) is 0 Å². The maximum Gasteiger partial charge on any atom is 0.449 e. The minimum Gasteiger partial charge on any atom is -0.290 e. The summed E-state index contributed by atoms with van der Waals surface area (Å²) in [4.78, 5) is 10.7. The van der Waals surface area contributed by atoms with Crippen LogP contribution in [0.4, 0.5) is 13.2 Å². The summed E-state index contributed by atoms with van der Waals surface area (Å²) in [5, 5.41) is 0. The summed E-state index contributed by atoms with van der Waals surface area (Å²) in [5.74, 6) is -1.66. The molecule has 1 nitrogen and oxygen atoms in total. The smallest absolute Gasteiger partial charge is 0.290 e. The van der Waals surface area contributed by atoms with Gasteiger partial charge in [-0.05, 0) is 44.9 Å². The van der Waals surface area contributed by atoms with Crippen LogP contribution in [0.5, 0.6) is 0 Å². The molecule has 0 aromatic heterocycles. The Morgan fingerprint density at radius 1 is 0.630 bits per heavy atom. The number of alkyl halides is 3. The molecule has 0 spiro atoms. The van der Waals surface area contributed by atoms with Gasteiger partial charge in [-0.2, -0.15) is 13.2 Å². The summed E-state index contributed by atoms with van der Waals surface area (Å²) in [5.41, 5.74) is 0. The Kier molecular flexibility index (Phi) is 16.0. The Bertz CT molecular complexity index is 546. The van der Waals surface area contributed by atoms with E-state index in [4.69, 9.17) is 0 Å². The number of rotatable bonds is 14. The lowest BCUT2D eigenvalue weighted by atomic mass is 10.2. The van der Waals surface area contributed by atoms with Gasteiger partial charge in [0.05, 0.1) is 0 Å². The number of ketones is 1. The minimum absolute atomic E-state index is 0.128. The normalized spacial score (nSPS) is 13.6. The van der Waals surface area contributed by atoms with Crippen molar-refractivity contribution >= 4 is 5.78 Å². The van der Waals surface area contributed by atoms with Crippen molar-refractivity contribution in [3.05, 3.63) is 72.9 Å². The van der Waals surface area contributed by atoms with Gasteiger partial charge in [0.25, 0.3) is 0 Å². The van der Waals surface area contributed by atoms with Crippen LogP contribution >= 0.6 is 0 Å². The summed E-state index contributed by atoms with van der Waals surface area (Å²) >= 11 is 0. The number of halogens is 3. The van der Waals surface area contributed by atoms with E-state index >= 15 is 0 Å². The van der Waals surface area contributed by atoms with Gasteiger partial charge in [0.1, 0.15) is 0 Å². The number of carbonyl (C=O) groups excluding carboxylic acids is 1. The molecule has 0 aliphatic rings. The fourth-order valence-electron chi connectivity index (χ4n) is 2.00. The van der Waals surface area contributed by atoms with Crippen molar-refractivity contribution in [3.63, 3.8) is 0 Å². The predicted octanol–water partition coefficient (Wildman–Crippen LogP) is 7.60. The molecule has 0 aromatic carbocycles. The van der Waals surface area contributed by atoms with Gasteiger partial charge in [-0.25, -0.2) is 0 Å². The van der Waals surface area contributed by atoms with Gasteiger partial charge in [0, 0.05) is 6.42 Å². The van der Waals surface area contributed by atoms with Crippen molar-refractivity contribution in [1.29, 1.82) is 0 Å². The van der Waals surface area contributed by atoms with Gasteiger partial charge in [-0.1, -0.05) is 79.8 Å². The zero-order valence-electron chi connectivity index (χ0n) is 16.1. The van der Waals surface area contributed by atoms with E-state index in [0.717, 1.165) is 32.1 Å². The van der Waals surface area contributed by atoms with E-state index < -0.39 is 18.4 Å². The molecule has 0 unspecified atom stereocenters. The van der Waals surface area contributed by atoms with Crippen LogP contribution in [-0.4, -0.2) is 12.0 Å². The van der Waals surface area contributed by atoms with Gasteiger partial charge in [0.15, 0.2) is 0 Å². The standard InChI is InChI=1S/C23H31F3O/c1-2-3-4-5-6-7-8-9-10-11-12-13-14-15-16-17-18-19-20-21-22(27)23(24,25)26/h3-4,6-7,9-10,12-13,15-16,18-19H,2,5,8,11,14,17,20-21H2,1H3/b4-3-,7-6-,10-9-,13-12-,16-15-,19-18-. The first-order valence-corrected chi connectivity index (χ1v) is 9.48. The number of allylic oxidation sites excluding steroid dienone is 12. The molecule has 0 bridgehead atoms. The van der Waals surface area contributed by atoms with E-state index in [1.54, 1.807) is 12.2 Å². The van der Waals surface area contributed by atoms with Gasteiger partial charge < -0.3 is 0 Å². The van der Waals surface area contributed by atoms with Crippen LogP contribution in [0.15, 0.2) is 72.9 Å². The van der Waals surface area contributed by atoms with E-state index in [1.165, 1.54) is 0 Å².